The van der Waals surface area contributed by atoms with E-state index in [1.54, 1.807) is 48.5 Å². The van der Waals surface area contributed by atoms with Crippen molar-refractivity contribution in [2.24, 2.45) is 4.99 Å². The number of aliphatic imine (C=N–C) groups is 1. The summed E-state index contributed by atoms with van der Waals surface area (Å²) in [7, 11) is -1.53. The van der Waals surface area contributed by atoms with Crippen molar-refractivity contribution in [3.8, 4) is 5.75 Å². The van der Waals surface area contributed by atoms with E-state index < -0.39 is 27.6 Å². The molecule has 0 aromatic heterocycles. The Balaban J connectivity index is 1.71. The van der Waals surface area contributed by atoms with Crippen LogP contribution < -0.4 is 9.64 Å². The lowest BCUT2D eigenvalue weighted by Gasteiger charge is -2.31. The quantitative estimate of drug-likeness (QED) is 0.567. The summed E-state index contributed by atoms with van der Waals surface area (Å²) in [6, 6.07) is 13.2. The summed E-state index contributed by atoms with van der Waals surface area (Å²) in [4.78, 5) is 31.8. The number of hydrogen-bond donors (Lipinski definition) is 0. The van der Waals surface area contributed by atoms with Crippen LogP contribution in [0.1, 0.15) is 28.3 Å². The zero-order chi connectivity index (χ0) is 20.6. The molecule has 2 aliphatic rings. The third-order valence-corrected chi connectivity index (χ3v) is 6.95. The summed E-state index contributed by atoms with van der Waals surface area (Å²) >= 11 is 0. The van der Waals surface area contributed by atoms with Gasteiger partial charge in [0.05, 0.1) is 36.3 Å². The van der Waals surface area contributed by atoms with E-state index >= 15 is 0 Å². The predicted molar refractivity (Wildman–Crippen MR) is 110 cm³/mol. The van der Waals surface area contributed by atoms with Crippen molar-refractivity contribution in [3.05, 3.63) is 59.7 Å². The van der Waals surface area contributed by atoms with Gasteiger partial charge in [-0.05, 0) is 42.3 Å². The number of ether oxygens (including phenoxy) is 1. The molecule has 7 nitrogen and oxygen atoms in total. The summed E-state index contributed by atoms with van der Waals surface area (Å²) in [6.07, 6.45) is 1.94. The Morgan fingerprint density at radius 3 is 2.48 bits per heavy atom. The number of carbonyl (C=O) groups is 2. The standard InChI is InChI=1S/C21H20N2O5S/c1-28-16-8-6-15(7-9-16)23-20(24)18-5-3-2-4-17(18)19(21(23)25)12-22-14-10-11-29(26,27)13-14/h2-9,12,14,19H,10-11,13H2,1H3/t14-,19+/m1/s1. The van der Waals surface area contributed by atoms with Gasteiger partial charge >= 0.3 is 0 Å². The van der Waals surface area contributed by atoms with Gasteiger partial charge in [-0.15, -0.1) is 0 Å². The minimum atomic E-state index is -3.07. The van der Waals surface area contributed by atoms with Gasteiger partial charge in [-0.2, -0.15) is 0 Å². The van der Waals surface area contributed by atoms with E-state index in [2.05, 4.69) is 4.99 Å². The Labute approximate surface area is 168 Å². The molecule has 2 aromatic rings. The first-order chi connectivity index (χ1) is 13.9. The molecule has 29 heavy (non-hydrogen) atoms. The Kier molecular flexibility index (Phi) is 4.96. The Bertz CT molecular complexity index is 1090. The van der Waals surface area contributed by atoms with Crippen LogP contribution in [0.2, 0.25) is 0 Å². The lowest BCUT2D eigenvalue weighted by Crippen LogP contribution is -2.45. The van der Waals surface area contributed by atoms with Gasteiger partial charge in [0.25, 0.3) is 5.91 Å². The van der Waals surface area contributed by atoms with E-state index in [0.29, 0.717) is 29.0 Å². The van der Waals surface area contributed by atoms with E-state index in [4.69, 9.17) is 4.74 Å². The van der Waals surface area contributed by atoms with Gasteiger partial charge in [0.1, 0.15) is 5.75 Å². The molecule has 0 aliphatic carbocycles. The molecule has 2 heterocycles. The van der Waals surface area contributed by atoms with E-state index in [0.717, 1.165) is 4.90 Å². The molecule has 2 amide bonds. The second-order valence-electron chi connectivity index (χ2n) is 7.10. The Morgan fingerprint density at radius 2 is 1.83 bits per heavy atom. The molecule has 0 N–H and O–H groups in total. The minimum Gasteiger partial charge on any atom is -0.497 e. The topological polar surface area (TPSA) is 93.1 Å². The second kappa shape index (κ2) is 7.44. The van der Waals surface area contributed by atoms with Gasteiger partial charge in [0.2, 0.25) is 5.91 Å². The van der Waals surface area contributed by atoms with Crippen molar-refractivity contribution in [1.82, 2.24) is 0 Å². The van der Waals surface area contributed by atoms with Crippen LogP contribution in [0, 0.1) is 0 Å². The Hall–Kier alpha value is -3.00. The number of nitrogens with zero attached hydrogens (tertiary/aromatic N) is 2. The van der Waals surface area contributed by atoms with Crippen LogP contribution >= 0.6 is 0 Å². The maximum Gasteiger partial charge on any atom is 0.265 e. The fourth-order valence-corrected chi connectivity index (χ4v) is 5.31. The number of sulfone groups is 1. The smallest absolute Gasteiger partial charge is 0.265 e. The van der Waals surface area contributed by atoms with Gasteiger partial charge in [-0.25, -0.2) is 13.3 Å². The summed E-state index contributed by atoms with van der Waals surface area (Å²) in [6.45, 7) is 0. The fourth-order valence-electron chi connectivity index (χ4n) is 3.68. The largest absolute Gasteiger partial charge is 0.497 e. The molecule has 150 valence electrons. The summed E-state index contributed by atoms with van der Waals surface area (Å²) in [5.41, 5.74) is 1.45. The maximum absolute atomic E-state index is 13.3. The molecule has 1 fully saturated rings. The third kappa shape index (κ3) is 3.67. The highest BCUT2D eigenvalue weighted by Gasteiger charge is 2.39. The number of hydrogen-bond acceptors (Lipinski definition) is 6. The van der Waals surface area contributed by atoms with Gasteiger partial charge < -0.3 is 4.74 Å². The van der Waals surface area contributed by atoms with Gasteiger partial charge in [0.15, 0.2) is 9.84 Å². The molecule has 1 saturated heterocycles. The van der Waals surface area contributed by atoms with Crippen LogP contribution in [-0.2, 0) is 14.6 Å². The Morgan fingerprint density at radius 1 is 1.10 bits per heavy atom. The summed E-state index contributed by atoms with van der Waals surface area (Å²) in [5, 5.41) is 0. The average Bonchev–Trinajstić information content (AvgIpc) is 3.07. The van der Waals surface area contributed by atoms with Gasteiger partial charge in [-0.1, -0.05) is 18.2 Å². The molecule has 0 radical (unpaired) electrons. The predicted octanol–water partition coefficient (Wildman–Crippen LogP) is 2.22. The van der Waals surface area contributed by atoms with Crippen LogP contribution in [0.25, 0.3) is 0 Å². The molecule has 0 bridgehead atoms. The van der Waals surface area contributed by atoms with Gasteiger partial charge in [0, 0.05) is 11.8 Å². The van der Waals surface area contributed by atoms with Crippen molar-refractivity contribution in [3.63, 3.8) is 0 Å². The van der Waals surface area contributed by atoms with Crippen LogP contribution in [0.15, 0.2) is 53.5 Å². The van der Waals surface area contributed by atoms with Crippen molar-refractivity contribution >= 4 is 33.6 Å². The van der Waals surface area contributed by atoms with E-state index in [9.17, 15) is 18.0 Å². The molecule has 2 atom stereocenters. The average molecular weight is 412 g/mol. The van der Waals surface area contributed by atoms with Crippen LogP contribution in [0.5, 0.6) is 5.75 Å². The molecule has 0 spiro atoms. The third-order valence-electron chi connectivity index (χ3n) is 5.20. The van der Waals surface area contributed by atoms with Crippen LogP contribution in [-0.4, -0.2) is 51.1 Å². The number of amides is 2. The highest BCUT2D eigenvalue weighted by molar-refractivity contribution is 7.91. The number of imide groups is 1. The van der Waals surface area contributed by atoms with Crippen molar-refractivity contribution < 1.29 is 22.7 Å². The first-order valence-electron chi connectivity index (χ1n) is 9.24. The number of carbonyl (C=O) groups excluding carboxylic acids is 2. The SMILES string of the molecule is COc1ccc(N2C(=O)c3ccccc3[C@H](C=N[C@@H]3CCS(=O)(=O)C3)C2=O)cc1. The first-order valence-corrected chi connectivity index (χ1v) is 11.1. The zero-order valence-corrected chi connectivity index (χ0v) is 16.6. The highest BCUT2D eigenvalue weighted by Crippen LogP contribution is 2.33. The monoisotopic (exact) mass is 412 g/mol. The molecule has 4 rings (SSSR count). The highest BCUT2D eigenvalue weighted by atomic mass is 32.2. The van der Waals surface area contributed by atoms with Crippen molar-refractivity contribution in [2.45, 2.75) is 18.4 Å². The number of benzene rings is 2. The molecule has 0 saturated carbocycles. The van der Waals surface area contributed by atoms with Crippen LogP contribution in [0.4, 0.5) is 5.69 Å². The maximum atomic E-state index is 13.3. The second-order valence-corrected chi connectivity index (χ2v) is 9.33. The summed E-state index contributed by atoms with van der Waals surface area (Å²) in [5.74, 6) is -0.846. The lowest BCUT2D eigenvalue weighted by molar-refractivity contribution is -0.118. The molecule has 2 aromatic carbocycles. The summed E-state index contributed by atoms with van der Waals surface area (Å²) < 4.78 is 28.5. The fraction of sp³-hybridized carbons (Fsp3) is 0.286. The van der Waals surface area contributed by atoms with Crippen molar-refractivity contribution in [1.29, 1.82) is 0 Å². The van der Waals surface area contributed by atoms with Gasteiger partial charge in [-0.3, -0.25) is 14.6 Å². The number of rotatable bonds is 4. The molecule has 0 unspecified atom stereocenters. The van der Waals surface area contributed by atoms with E-state index in [-0.39, 0.29) is 17.5 Å². The normalized spacial score (nSPS) is 23.4. The van der Waals surface area contributed by atoms with Crippen LogP contribution in [0.3, 0.4) is 0 Å². The number of anilines is 1. The molecule has 8 heteroatoms. The zero-order valence-electron chi connectivity index (χ0n) is 15.8. The number of fused-ring (bicyclic) bond motifs is 1. The number of methoxy groups -OCH3 is 1. The van der Waals surface area contributed by atoms with E-state index in [1.807, 2.05) is 0 Å². The molecular weight excluding hydrogens is 392 g/mol. The molecule has 2 aliphatic heterocycles. The van der Waals surface area contributed by atoms with Crippen molar-refractivity contribution in [2.75, 3.05) is 23.5 Å². The van der Waals surface area contributed by atoms with E-state index in [1.165, 1.54) is 13.3 Å². The first kappa shape index (κ1) is 19.3. The lowest BCUT2D eigenvalue weighted by atomic mass is 9.88. The minimum absolute atomic E-state index is 0.00676. The molecular formula is C21H20N2O5S.